The summed E-state index contributed by atoms with van der Waals surface area (Å²) in [6, 6.07) is 0. The minimum absolute atomic E-state index is 0. The van der Waals surface area contributed by atoms with Gasteiger partial charge in [0.05, 0.1) is 11.8 Å². The average Bonchev–Trinajstić information content (AvgIpc) is 2.55. The van der Waals surface area contributed by atoms with Crippen molar-refractivity contribution in [2.75, 3.05) is 0 Å². The molecule has 0 aliphatic rings. The van der Waals surface area contributed by atoms with Gasteiger partial charge in [-0.2, -0.15) is 0 Å². The summed E-state index contributed by atoms with van der Waals surface area (Å²) in [6.07, 6.45) is 9.16. The van der Waals surface area contributed by atoms with Crippen molar-refractivity contribution in [3.63, 3.8) is 0 Å². The number of carboxylic acid groups (broad SMARTS) is 2. The molecule has 0 amide bonds. The van der Waals surface area contributed by atoms with Gasteiger partial charge in [0.15, 0.2) is 0 Å². The van der Waals surface area contributed by atoms with Crippen LogP contribution in [0.4, 0.5) is 0 Å². The monoisotopic (exact) mass is 382 g/mol. The Kier molecular flexibility index (Phi) is 18.0. The molecular formula is C20H38CaO4. The largest absolute Gasteiger partial charge is 0.481 e. The molecule has 0 aromatic heterocycles. The molecule has 2 N–H and O–H groups in total. The maximum absolute atomic E-state index is 11.8. The molecule has 0 saturated heterocycles. The third kappa shape index (κ3) is 11.5. The SMILES string of the molecule is CCCCC(CC)CC(C(=O)O)C(CC(CC)CCCC)C(=O)O.[Ca]. The fourth-order valence-corrected chi connectivity index (χ4v) is 3.56. The molecule has 25 heavy (non-hydrogen) atoms. The van der Waals surface area contributed by atoms with Gasteiger partial charge >= 0.3 is 11.9 Å². The molecule has 4 nitrogen and oxygen atoms in total. The minimum Gasteiger partial charge on any atom is -0.481 e. The Balaban J connectivity index is 0. The summed E-state index contributed by atoms with van der Waals surface area (Å²) in [5, 5.41) is 19.3. The second kappa shape index (κ2) is 16.4. The normalized spacial score (nSPS) is 15.7. The van der Waals surface area contributed by atoms with Crippen LogP contribution in [0, 0.1) is 23.7 Å². The van der Waals surface area contributed by atoms with Crippen molar-refractivity contribution in [2.24, 2.45) is 23.7 Å². The fraction of sp³-hybridized carbons (Fsp3) is 0.900. The molecule has 0 aliphatic heterocycles. The maximum atomic E-state index is 11.8. The number of unbranched alkanes of at least 4 members (excludes halogenated alkanes) is 2. The second-order valence-corrected chi connectivity index (χ2v) is 7.19. The van der Waals surface area contributed by atoms with Crippen LogP contribution in [0.1, 0.15) is 91.9 Å². The zero-order valence-electron chi connectivity index (χ0n) is 16.8. The van der Waals surface area contributed by atoms with Gasteiger partial charge in [-0.25, -0.2) is 0 Å². The molecule has 0 bridgehead atoms. The number of carbonyl (C=O) groups is 2. The first-order valence-corrected chi connectivity index (χ1v) is 9.86. The van der Waals surface area contributed by atoms with Crippen LogP contribution in [0.15, 0.2) is 0 Å². The van der Waals surface area contributed by atoms with Crippen LogP contribution in [-0.4, -0.2) is 59.9 Å². The molecule has 0 fully saturated rings. The predicted molar refractivity (Wildman–Crippen MR) is 104 cm³/mol. The van der Waals surface area contributed by atoms with Gasteiger partial charge < -0.3 is 10.2 Å². The number of carboxylic acids is 2. The van der Waals surface area contributed by atoms with Crippen LogP contribution in [0.2, 0.25) is 0 Å². The van der Waals surface area contributed by atoms with Crippen LogP contribution < -0.4 is 0 Å². The number of rotatable bonds is 15. The van der Waals surface area contributed by atoms with Gasteiger partial charge in [-0.3, -0.25) is 9.59 Å². The van der Waals surface area contributed by atoms with E-state index in [1.54, 1.807) is 0 Å². The molecule has 0 aromatic rings. The van der Waals surface area contributed by atoms with Crippen LogP contribution in [0.3, 0.4) is 0 Å². The van der Waals surface area contributed by atoms with Crippen molar-refractivity contribution in [1.82, 2.24) is 0 Å². The van der Waals surface area contributed by atoms with Gasteiger partial charge in [-0.05, 0) is 24.7 Å². The van der Waals surface area contributed by atoms with E-state index in [0.717, 1.165) is 51.4 Å². The van der Waals surface area contributed by atoms with Crippen LogP contribution in [0.5, 0.6) is 0 Å². The third-order valence-electron chi connectivity index (χ3n) is 5.38. The van der Waals surface area contributed by atoms with Gasteiger partial charge in [0.2, 0.25) is 0 Å². The Morgan fingerprint density at radius 3 is 1.24 bits per heavy atom. The van der Waals surface area contributed by atoms with Crippen LogP contribution in [-0.2, 0) is 9.59 Å². The molecule has 2 radical (unpaired) electrons. The van der Waals surface area contributed by atoms with E-state index in [9.17, 15) is 19.8 Å². The topological polar surface area (TPSA) is 74.6 Å². The molecule has 0 aliphatic carbocycles. The van der Waals surface area contributed by atoms with Gasteiger partial charge in [0.25, 0.3) is 0 Å². The predicted octanol–water partition coefficient (Wildman–Crippen LogP) is 5.22. The van der Waals surface area contributed by atoms with Crippen molar-refractivity contribution >= 4 is 49.7 Å². The first-order chi connectivity index (χ1) is 11.4. The molecule has 4 unspecified atom stereocenters. The van der Waals surface area contributed by atoms with E-state index in [0.29, 0.717) is 24.7 Å². The maximum Gasteiger partial charge on any atom is 0.307 e. The van der Waals surface area contributed by atoms with Gasteiger partial charge in [0.1, 0.15) is 0 Å². The number of hydrogen-bond acceptors (Lipinski definition) is 2. The van der Waals surface area contributed by atoms with Gasteiger partial charge in [-0.15, -0.1) is 0 Å². The van der Waals surface area contributed by atoms with E-state index >= 15 is 0 Å². The zero-order valence-corrected chi connectivity index (χ0v) is 19.0. The molecule has 0 saturated carbocycles. The van der Waals surface area contributed by atoms with Crippen molar-refractivity contribution in [1.29, 1.82) is 0 Å². The first kappa shape index (κ1) is 27.4. The summed E-state index contributed by atoms with van der Waals surface area (Å²) < 4.78 is 0. The molecule has 0 rings (SSSR count). The van der Waals surface area contributed by atoms with Crippen molar-refractivity contribution in [3.8, 4) is 0 Å². The summed E-state index contributed by atoms with van der Waals surface area (Å²) in [4.78, 5) is 23.6. The summed E-state index contributed by atoms with van der Waals surface area (Å²) in [6.45, 7) is 8.40. The van der Waals surface area contributed by atoms with E-state index in [2.05, 4.69) is 27.7 Å². The first-order valence-electron chi connectivity index (χ1n) is 9.86. The summed E-state index contributed by atoms with van der Waals surface area (Å²) in [7, 11) is 0. The molecule has 4 atom stereocenters. The molecule has 5 heteroatoms. The number of hydrogen-bond donors (Lipinski definition) is 2. The molecule has 144 valence electrons. The van der Waals surface area contributed by atoms with Crippen molar-refractivity contribution in [3.05, 3.63) is 0 Å². The number of aliphatic carboxylic acids is 2. The van der Waals surface area contributed by atoms with E-state index in [4.69, 9.17) is 0 Å². The van der Waals surface area contributed by atoms with E-state index in [-0.39, 0.29) is 37.7 Å². The van der Waals surface area contributed by atoms with Gasteiger partial charge in [-0.1, -0.05) is 79.1 Å². The fourth-order valence-electron chi connectivity index (χ4n) is 3.56. The third-order valence-corrected chi connectivity index (χ3v) is 5.38. The minimum atomic E-state index is -0.942. The summed E-state index contributed by atoms with van der Waals surface area (Å²) in [5.74, 6) is -2.79. The standard InChI is InChI=1S/C20H38O4.Ca/c1-5-9-11-15(7-3)13-17(19(21)22)18(20(23)24)14-16(8-4)12-10-6-2;/h15-18H,5-14H2,1-4H3,(H,21,22)(H,23,24);. The summed E-state index contributed by atoms with van der Waals surface area (Å²) in [5.41, 5.74) is 0. The summed E-state index contributed by atoms with van der Waals surface area (Å²) >= 11 is 0. The van der Waals surface area contributed by atoms with E-state index in [1.807, 2.05) is 0 Å². The van der Waals surface area contributed by atoms with E-state index in [1.165, 1.54) is 0 Å². The molecule has 0 heterocycles. The Labute approximate surface area is 184 Å². The molecule has 0 aromatic carbocycles. The molecular weight excluding hydrogens is 344 g/mol. The molecule has 0 spiro atoms. The van der Waals surface area contributed by atoms with Gasteiger partial charge in [0, 0.05) is 37.7 Å². The van der Waals surface area contributed by atoms with E-state index < -0.39 is 23.8 Å². The quantitative estimate of drug-likeness (QED) is 0.381. The van der Waals surface area contributed by atoms with Crippen molar-refractivity contribution in [2.45, 2.75) is 91.9 Å². The Morgan fingerprint density at radius 1 is 0.720 bits per heavy atom. The Hall–Kier alpha value is 0.200. The van der Waals surface area contributed by atoms with Crippen molar-refractivity contribution < 1.29 is 19.8 Å². The Bertz CT molecular complexity index is 326. The van der Waals surface area contributed by atoms with Crippen LogP contribution >= 0.6 is 0 Å². The smallest absolute Gasteiger partial charge is 0.307 e. The van der Waals surface area contributed by atoms with Crippen LogP contribution in [0.25, 0.3) is 0 Å². The Morgan fingerprint density at radius 2 is 1.04 bits per heavy atom. The zero-order chi connectivity index (χ0) is 18.5. The average molecular weight is 383 g/mol. The second-order valence-electron chi connectivity index (χ2n) is 7.19.